The van der Waals surface area contributed by atoms with E-state index in [0.29, 0.717) is 10.8 Å². The highest BCUT2D eigenvalue weighted by Crippen LogP contribution is 2.57. The van der Waals surface area contributed by atoms with Crippen molar-refractivity contribution in [2.24, 2.45) is 22.7 Å². The normalized spacial score (nSPS) is 37.0. The Morgan fingerprint density at radius 2 is 2.10 bits per heavy atom. The molecular formula is C20H32. The third-order valence-corrected chi connectivity index (χ3v) is 6.25. The molecule has 0 N–H and O–H groups in total. The minimum absolute atomic E-state index is 0.418. The van der Waals surface area contributed by atoms with Crippen molar-refractivity contribution >= 4 is 0 Å². The van der Waals surface area contributed by atoms with Gasteiger partial charge in [0.1, 0.15) is 0 Å². The highest BCUT2D eigenvalue weighted by molar-refractivity contribution is 5.26. The Labute approximate surface area is 126 Å². The summed E-state index contributed by atoms with van der Waals surface area (Å²) in [5.41, 5.74) is 3.92. The molecule has 0 radical (unpaired) electrons. The molecule has 20 heavy (non-hydrogen) atoms. The largest absolute Gasteiger partial charge is 0.0988 e. The van der Waals surface area contributed by atoms with Gasteiger partial charge < -0.3 is 0 Å². The average Bonchev–Trinajstić information content (AvgIpc) is 2.40. The second-order valence-corrected chi connectivity index (χ2v) is 7.99. The van der Waals surface area contributed by atoms with E-state index in [1.54, 1.807) is 5.57 Å². The van der Waals surface area contributed by atoms with Crippen molar-refractivity contribution in [2.75, 3.05) is 0 Å². The Morgan fingerprint density at radius 3 is 2.75 bits per heavy atom. The van der Waals surface area contributed by atoms with Crippen LogP contribution in [-0.4, -0.2) is 0 Å². The van der Waals surface area contributed by atoms with Gasteiger partial charge in [0.25, 0.3) is 0 Å². The van der Waals surface area contributed by atoms with Crippen molar-refractivity contribution in [3.63, 3.8) is 0 Å². The summed E-state index contributed by atoms with van der Waals surface area (Å²) < 4.78 is 0. The molecule has 1 fully saturated rings. The minimum atomic E-state index is 0.418. The summed E-state index contributed by atoms with van der Waals surface area (Å²) >= 11 is 0. The van der Waals surface area contributed by atoms with E-state index in [1.807, 2.05) is 6.08 Å². The van der Waals surface area contributed by atoms with Gasteiger partial charge in [0.2, 0.25) is 0 Å². The second-order valence-electron chi connectivity index (χ2n) is 7.99. The standard InChI is InChI=1S/C20H32/c1-7-15(2)12-14-20(6)16(3)10-11-17-18(20)9-8-13-19(17,4)5/h7,11-12,16,18H,1,8-10,13-14H2,2-6H3/b15-12-/t16-,18+,20+/m0/s1. The van der Waals surface area contributed by atoms with Gasteiger partial charge >= 0.3 is 0 Å². The Kier molecular flexibility index (Phi) is 4.33. The molecule has 1 saturated carbocycles. The maximum Gasteiger partial charge on any atom is -0.0138 e. The van der Waals surface area contributed by atoms with Gasteiger partial charge in [-0.05, 0) is 55.3 Å². The van der Waals surface area contributed by atoms with Crippen molar-refractivity contribution in [1.82, 2.24) is 0 Å². The molecule has 112 valence electrons. The lowest BCUT2D eigenvalue weighted by atomic mass is 9.52. The number of rotatable bonds is 3. The van der Waals surface area contributed by atoms with Crippen LogP contribution in [0.2, 0.25) is 0 Å². The van der Waals surface area contributed by atoms with E-state index < -0.39 is 0 Å². The molecule has 2 aliphatic carbocycles. The number of hydrogen-bond donors (Lipinski definition) is 0. The maximum atomic E-state index is 3.89. The average molecular weight is 272 g/mol. The summed E-state index contributed by atoms with van der Waals surface area (Å²) in [6.45, 7) is 15.9. The summed E-state index contributed by atoms with van der Waals surface area (Å²) in [6, 6.07) is 0. The molecule has 0 amide bonds. The van der Waals surface area contributed by atoms with E-state index in [1.165, 1.54) is 37.7 Å². The molecule has 0 aromatic heterocycles. The lowest BCUT2D eigenvalue weighted by Gasteiger charge is -2.53. The number of fused-ring (bicyclic) bond motifs is 1. The SMILES string of the molecule is C=C/C(C)=C\C[C@@]1(C)[C@@H]2CCCC(C)(C)C2=CC[C@@H]1C. The fourth-order valence-corrected chi connectivity index (χ4v) is 4.35. The predicted molar refractivity (Wildman–Crippen MR) is 89.7 cm³/mol. The molecule has 0 nitrogen and oxygen atoms in total. The topological polar surface area (TPSA) is 0 Å². The Morgan fingerprint density at radius 1 is 1.40 bits per heavy atom. The zero-order chi connectivity index (χ0) is 15.0. The van der Waals surface area contributed by atoms with E-state index in [0.717, 1.165) is 11.8 Å². The third-order valence-electron chi connectivity index (χ3n) is 6.25. The molecule has 2 aliphatic rings. The quantitative estimate of drug-likeness (QED) is 0.417. The molecule has 2 rings (SSSR count). The first-order chi connectivity index (χ1) is 9.31. The van der Waals surface area contributed by atoms with E-state index in [2.05, 4.69) is 53.3 Å². The van der Waals surface area contributed by atoms with Crippen LogP contribution in [0.5, 0.6) is 0 Å². The molecule has 3 atom stereocenters. The van der Waals surface area contributed by atoms with Gasteiger partial charge in [-0.1, -0.05) is 70.1 Å². The molecule has 0 bridgehead atoms. The molecule has 0 heteroatoms. The van der Waals surface area contributed by atoms with Crippen molar-refractivity contribution in [2.45, 2.75) is 66.7 Å². The Hall–Kier alpha value is -0.780. The zero-order valence-electron chi connectivity index (χ0n) is 14.1. The molecule has 0 heterocycles. The first kappa shape index (κ1) is 15.6. The molecule has 0 saturated heterocycles. The summed E-state index contributed by atoms with van der Waals surface area (Å²) in [5.74, 6) is 1.56. The van der Waals surface area contributed by atoms with Crippen LogP contribution < -0.4 is 0 Å². The van der Waals surface area contributed by atoms with Crippen LogP contribution in [0.15, 0.2) is 36.0 Å². The van der Waals surface area contributed by atoms with Gasteiger partial charge in [-0.3, -0.25) is 0 Å². The predicted octanol–water partition coefficient (Wildman–Crippen LogP) is 6.31. The fourth-order valence-electron chi connectivity index (χ4n) is 4.35. The van der Waals surface area contributed by atoms with Crippen molar-refractivity contribution in [3.05, 3.63) is 36.0 Å². The minimum Gasteiger partial charge on any atom is -0.0988 e. The highest BCUT2D eigenvalue weighted by atomic mass is 14.5. The summed E-state index contributed by atoms with van der Waals surface area (Å²) in [4.78, 5) is 0. The van der Waals surface area contributed by atoms with Gasteiger partial charge in [-0.2, -0.15) is 0 Å². The molecular weight excluding hydrogens is 240 g/mol. The molecule has 0 aromatic carbocycles. The third kappa shape index (κ3) is 2.67. The van der Waals surface area contributed by atoms with E-state index in [4.69, 9.17) is 0 Å². The summed E-state index contributed by atoms with van der Waals surface area (Å²) in [6.07, 6.45) is 13.6. The molecule has 0 unspecified atom stereocenters. The zero-order valence-corrected chi connectivity index (χ0v) is 14.1. The Bertz CT molecular complexity index is 435. The van der Waals surface area contributed by atoms with Gasteiger partial charge in [0.05, 0.1) is 0 Å². The van der Waals surface area contributed by atoms with Crippen LogP contribution in [-0.2, 0) is 0 Å². The van der Waals surface area contributed by atoms with E-state index in [9.17, 15) is 0 Å². The van der Waals surface area contributed by atoms with Gasteiger partial charge in [0.15, 0.2) is 0 Å². The van der Waals surface area contributed by atoms with Gasteiger partial charge in [0, 0.05) is 0 Å². The van der Waals surface area contributed by atoms with Crippen LogP contribution in [0, 0.1) is 22.7 Å². The molecule has 0 spiro atoms. The first-order valence-electron chi connectivity index (χ1n) is 8.31. The molecule has 0 aliphatic heterocycles. The van der Waals surface area contributed by atoms with E-state index in [-0.39, 0.29) is 0 Å². The van der Waals surface area contributed by atoms with Crippen LogP contribution in [0.1, 0.15) is 66.7 Å². The van der Waals surface area contributed by atoms with Crippen molar-refractivity contribution in [1.29, 1.82) is 0 Å². The highest BCUT2D eigenvalue weighted by Gasteiger charge is 2.47. The summed E-state index contributed by atoms with van der Waals surface area (Å²) in [5, 5.41) is 0. The van der Waals surface area contributed by atoms with Crippen molar-refractivity contribution < 1.29 is 0 Å². The monoisotopic (exact) mass is 272 g/mol. The van der Waals surface area contributed by atoms with Crippen LogP contribution in [0.3, 0.4) is 0 Å². The second kappa shape index (κ2) is 5.54. The first-order valence-corrected chi connectivity index (χ1v) is 8.31. The van der Waals surface area contributed by atoms with Crippen LogP contribution in [0.4, 0.5) is 0 Å². The smallest absolute Gasteiger partial charge is 0.0138 e. The Balaban J connectivity index is 2.32. The van der Waals surface area contributed by atoms with Crippen molar-refractivity contribution in [3.8, 4) is 0 Å². The van der Waals surface area contributed by atoms with Gasteiger partial charge in [-0.15, -0.1) is 0 Å². The lowest BCUT2D eigenvalue weighted by Crippen LogP contribution is -2.43. The van der Waals surface area contributed by atoms with Crippen LogP contribution >= 0.6 is 0 Å². The lowest BCUT2D eigenvalue weighted by molar-refractivity contribution is 0.0697. The fraction of sp³-hybridized carbons (Fsp3) is 0.700. The van der Waals surface area contributed by atoms with Crippen LogP contribution in [0.25, 0.3) is 0 Å². The summed E-state index contributed by atoms with van der Waals surface area (Å²) in [7, 11) is 0. The molecule has 0 aromatic rings. The number of allylic oxidation sites excluding steroid dienone is 5. The van der Waals surface area contributed by atoms with E-state index >= 15 is 0 Å². The maximum absolute atomic E-state index is 3.89. The number of hydrogen-bond acceptors (Lipinski definition) is 0. The van der Waals surface area contributed by atoms with Gasteiger partial charge in [-0.25, -0.2) is 0 Å².